The van der Waals surface area contributed by atoms with E-state index in [9.17, 15) is 4.79 Å². The van der Waals surface area contributed by atoms with Gasteiger partial charge >= 0.3 is 0 Å². The van der Waals surface area contributed by atoms with Crippen LogP contribution in [0.25, 0.3) is 0 Å². The largest absolute Gasteiger partial charge is 0.325 e. The van der Waals surface area contributed by atoms with Crippen molar-refractivity contribution in [1.82, 2.24) is 4.98 Å². The van der Waals surface area contributed by atoms with Crippen molar-refractivity contribution in [3.63, 3.8) is 0 Å². The van der Waals surface area contributed by atoms with Crippen molar-refractivity contribution in [1.29, 1.82) is 0 Å². The van der Waals surface area contributed by atoms with Crippen LogP contribution in [-0.2, 0) is 16.6 Å². The van der Waals surface area contributed by atoms with Crippen LogP contribution in [0.15, 0.2) is 5.38 Å². The van der Waals surface area contributed by atoms with Gasteiger partial charge in [0.2, 0.25) is 0 Å². The monoisotopic (exact) mass is 254 g/mol. The molecule has 1 rings (SSSR count). The van der Waals surface area contributed by atoms with Crippen molar-refractivity contribution in [2.24, 2.45) is 5.73 Å². The average Bonchev–Trinajstić information content (AvgIpc) is 2.47. The van der Waals surface area contributed by atoms with Gasteiger partial charge in [0, 0.05) is 22.8 Å². The van der Waals surface area contributed by atoms with Gasteiger partial charge in [-0.25, -0.2) is 4.98 Å². The molecule has 1 aromatic heterocycles. The Balaban J connectivity index is 2.65. The lowest BCUT2D eigenvalue weighted by molar-refractivity contribution is -0.119. The summed E-state index contributed by atoms with van der Waals surface area (Å²) in [5, 5.41) is 2.93. The van der Waals surface area contributed by atoms with Crippen molar-refractivity contribution in [2.45, 2.75) is 58.4 Å². The van der Waals surface area contributed by atoms with Crippen molar-refractivity contribution < 1.29 is 4.79 Å². The van der Waals surface area contributed by atoms with E-state index in [-0.39, 0.29) is 11.2 Å². The summed E-state index contributed by atoms with van der Waals surface area (Å²) in [5.74, 6) is 0.160. The van der Waals surface area contributed by atoms with E-state index in [1.54, 1.807) is 11.3 Å². The van der Waals surface area contributed by atoms with E-state index in [0.29, 0.717) is 12.8 Å². The molecule has 96 valence electrons. The van der Waals surface area contributed by atoms with E-state index < -0.39 is 5.54 Å². The SMILES string of the molecule is CC(C)(N)CC(=O)Cc1nc(C(C)(C)C)cs1. The summed E-state index contributed by atoms with van der Waals surface area (Å²) < 4.78 is 0. The zero-order valence-electron chi connectivity index (χ0n) is 11.3. The average molecular weight is 254 g/mol. The summed E-state index contributed by atoms with van der Waals surface area (Å²) in [4.78, 5) is 16.3. The maximum absolute atomic E-state index is 11.8. The second-order valence-electron chi connectivity index (χ2n) is 6.26. The first-order chi connectivity index (χ1) is 7.58. The first-order valence-corrected chi connectivity index (χ1v) is 6.71. The fourth-order valence-corrected chi connectivity index (χ4v) is 2.53. The second-order valence-corrected chi connectivity index (χ2v) is 7.20. The van der Waals surface area contributed by atoms with Crippen LogP contribution < -0.4 is 5.73 Å². The molecule has 3 nitrogen and oxygen atoms in total. The highest BCUT2D eigenvalue weighted by Crippen LogP contribution is 2.24. The molecule has 0 saturated carbocycles. The number of aromatic nitrogens is 1. The second kappa shape index (κ2) is 4.86. The number of carbonyl (C=O) groups excluding carboxylic acids is 1. The Labute approximate surface area is 107 Å². The minimum Gasteiger partial charge on any atom is -0.325 e. The molecule has 0 radical (unpaired) electrons. The van der Waals surface area contributed by atoms with Gasteiger partial charge in [0.1, 0.15) is 10.8 Å². The van der Waals surface area contributed by atoms with Crippen LogP contribution in [0.3, 0.4) is 0 Å². The summed E-state index contributed by atoms with van der Waals surface area (Å²) >= 11 is 1.56. The third-order valence-electron chi connectivity index (χ3n) is 2.32. The number of Topliss-reactive ketones (excluding diaryl/α,β-unsaturated/α-hetero) is 1. The molecule has 0 aliphatic rings. The van der Waals surface area contributed by atoms with E-state index in [4.69, 9.17) is 5.73 Å². The number of nitrogens with two attached hydrogens (primary N) is 1. The van der Waals surface area contributed by atoms with E-state index >= 15 is 0 Å². The maximum Gasteiger partial charge on any atom is 0.141 e. The topological polar surface area (TPSA) is 56.0 Å². The molecule has 0 atom stereocenters. The third-order valence-corrected chi connectivity index (χ3v) is 3.17. The standard InChI is InChI=1S/C13H22N2OS/c1-12(2,3)10-8-17-11(15-10)6-9(16)7-13(4,5)14/h8H,6-7,14H2,1-5H3. The van der Waals surface area contributed by atoms with Crippen LogP contribution in [0.5, 0.6) is 0 Å². The summed E-state index contributed by atoms with van der Waals surface area (Å²) in [6.07, 6.45) is 0.804. The molecule has 0 aliphatic heterocycles. The van der Waals surface area contributed by atoms with Crippen molar-refractivity contribution >= 4 is 17.1 Å². The number of hydrogen-bond donors (Lipinski definition) is 1. The Morgan fingerprint density at radius 3 is 2.35 bits per heavy atom. The zero-order chi connectivity index (χ0) is 13.3. The summed E-state index contributed by atoms with van der Waals surface area (Å²) in [5.41, 5.74) is 6.50. The molecule has 0 aliphatic carbocycles. The lowest BCUT2D eigenvalue weighted by atomic mass is 9.93. The smallest absolute Gasteiger partial charge is 0.141 e. The van der Waals surface area contributed by atoms with Crippen LogP contribution in [0.1, 0.15) is 51.7 Å². The van der Waals surface area contributed by atoms with E-state index in [1.807, 2.05) is 19.2 Å². The molecule has 0 bridgehead atoms. The Hall–Kier alpha value is -0.740. The summed E-state index contributed by atoms with van der Waals surface area (Å²) in [7, 11) is 0. The predicted octanol–water partition coefficient (Wildman–Crippen LogP) is 2.68. The van der Waals surface area contributed by atoms with E-state index in [2.05, 4.69) is 25.8 Å². The van der Waals surface area contributed by atoms with Gasteiger partial charge in [-0.05, 0) is 13.8 Å². The quantitative estimate of drug-likeness (QED) is 0.898. The minimum absolute atomic E-state index is 0.0466. The molecular weight excluding hydrogens is 232 g/mol. The fourth-order valence-electron chi connectivity index (χ4n) is 1.48. The minimum atomic E-state index is -0.429. The van der Waals surface area contributed by atoms with E-state index in [1.165, 1.54) is 0 Å². The van der Waals surface area contributed by atoms with Gasteiger partial charge in [-0.1, -0.05) is 20.8 Å². The molecule has 4 heteroatoms. The number of hydrogen-bond acceptors (Lipinski definition) is 4. The molecule has 2 N–H and O–H groups in total. The molecule has 1 heterocycles. The highest BCUT2D eigenvalue weighted by molar-refractivity contribution is 7.09. The van der Waals surface area contributed by atoms with Gasteiger partial charge in [-0.2, -0.15) is 0 Å². The van der Waals surface area contributed by atoms with Crippen molar-refractivity contribution in [3.8, 4) is 0 Å². The van der Waals surface area contributed by atoms with Gasteiger partial charge in [-0.3, -0.25) is 4.79 Å². The van der Waals surface area contributed by atoms with Gasteiger partial charge in [0.05, 0.1) is 12.1 Å². The Kier molecular flexibility index (Phi) is 4.10. The predicted molar refractivity (Wildman–Crippen MR) is 72.4 cm³/mol. The molecule has 0 spiro atoms. The van der Waals surface area contributed by atoms with Gasteiger partial charge in [-0.15, -0.1) is 11.3 Å². The van der Waals surface area contributed by atoms with Crippen LogP contribution in [0.2, 0.25) is 0 Å². The van der Waals surface area contributed by atoms with Gasteiger partial charge in [0.15, 0.2) is 0 Å². The Morgan fingerprint density at radius 1 is 1.35 bits per heavy atom. The lowest BCUT2D eigenvalue weighted by Gasteiger charge is -2.16. The first-order valence-electron chi connectivity index (χ1n) is 5.83. The molecular formula is C13H22N2OS. The van der Waals surface area contributed by atoms with Crippen LogP contribution in [0, 0.1) is 0 Å². The summed E-state index contributed by atoms with van der Waals surface area (Å²) in [6, 6.07) is 0. The van der Waals surface area contributed by atoms with Crippen LogP contribution in [-0.4, -0.2) is 16.3 Å². The van der Waals surface area contributed by atoms with Gasteiger partial charge in [0.25, 0.3) is 0 Å². The Morgan fingerprint density at radius 2 is 1.94 bits per heavy atom. The number of ketones is 1. The Bertz CT molecular complexity index is 396. The fraction of sp³-hybridized carbons (Fsp3) is 0.692. The highest BCUT2D eigenvalue weighted by Gasteiger charge is 2.20. The number of thiazole rings is 1. The number of rotatable bonds is 4. The van der Waals surface area contributed by atoms with Crippen molar-refractivity contribution in [2.75, 3.05) is 0 Å². The number of carbonyl (C=O) groups is 1. The molecule has 17 heavy (non-hydrogen) atoms. The lowest BCUT2D eigenvalue weighted by Crippen LogP contribution is -2.35. The zero-order valence-corrected chi connectivity index (χ0v) is 12.1. The van der Waals surface area contributed by atoms with Crippen molar-refractivity contribution in [3.05, 3.63) is 16.1 Å². The van der Waals surface area contributed by atoms with E-state index in [0.717, 1.165) is 10.7 Å². The molecule has 1 aromatic rings. The third kappa shape index (κ3) is 4.96. The molecule has 0 saturated heterocycles. The summed E-state index contributed by atoms with van der Waals surface area (Å²) in [6.45, 7) is 10.1. The van der Waals surface area contributed by atoms with Crippen LogP contribution >= 0.6 is 11.3 Å². The molecule has 0 aromatic carbocycles. The van der Waals surface area contributed by atoms with Crippen LogP contribution in [0.4, 0.5) is 0 Å². The maximum atomic E-state index is 11.8. The normalized spacial score (nSPS) is 12.8. The molecule has 0 fully saturated rings. The molecule has 0 amide bonds. The van der Waals surface area contributed by atoms with Gasteiger partial charge < -0.3 is 5.73 Å². The first kappa shape index (κ1) is 14.3. The number of nitrogens with zero attached hydrogens (tertiary/aromatic N) is 1. The molecule has 0 unspecified atom stereocenters. The highest BCUT2D eigenvalue weighted by atomic mass is 32.1.